The Morgan fingerprint density at radius 1 is 0.952 bits per heavy atom. The number of likely N-dealkylation sites (tertiary alicyclic amines) is 1. The van der Waals surface area contributed by atoms with E-state index < -0.39 is 35.6 Å². The van der Waals surface area contributed by atoms with E-state index in [-0.39, 0.29) is 23.7 Å². The molecule has 5 nitrogen and oxygen atoms in total. The van der Waals surface area contributed by atoms with Crippen molar-refractivity contribution in [3.8, 4) is 0 Å². The van der Waals surface area contributed by atoms with Crippen LogP contribution in [0.1, 0.15) is 60.9 Å². The van der Waals surface area contributed by atoms with Gasteiger partial charge in [0, 0.05) is 41.9 Å². The minimum atomic E-state index is -4.87. The van der Waals surface area contributed by atoms with E-state index in [1.54, 1.807) is 30.3 Å². The largest absolute Gasteiger partial charge is 0.416 e. The highest BCUT2D eigenvalue weighted by Crippen LogP contribution is 2.36. The summed E-state index contributed by atoms with van der Waals surface area (Å²) in [6.45, 7) is 6.35. The zero-order valence-electron chi connectivity index (χ0n) is 23.2. The van der Waals surface area contributed by atoms with Gasteiger partial charge in [-0.25, -0.2) is 4.39 Å². The van der Waals surface area contributed by atoms with Crippen LogP contribution in [-0.2, 0) is 23.8 Å². The van der Waals surface area contributed by atoms with Crippen LogP contribution >= 0.6 is 0 Å². The van der Waals surface area contributed by atoms with Gasteiger partial charge in [-0.05, 0) is 65.9 Å². The van der Waals surface area contributed by atoms with Crippen molar-refractivity contribution >= 4 is 11.5 Å². The molecule has 0 bridgehead atoms. The number of allylic oxidation sites excluding steroid dienone is 1. The number of alkyl halides is 6. The van der Waals surface area contributed by atoms with Crippen molar-refractivity contribution in [3.05, 3.63) is 107 Å². The predicted octanol–water partition coefficient (Wildman–Crippen LogP) is 7.01. The number of aliphatic hydroxyl groups excluding tert-OH is 1. The molecule has 4 rings (SSSR count). The molecule has 1 saturated heterocycles. The summed E-state index contributed by atoms with van der Waals surface area (Å²) in [7, 11) is 0. The molecule has 1 aromatic heterocycles. The fraction of sp³-hybridized carbons (Fsp3) is 0.333. The third kappa shape index (κ3) is 9.86. The van der Waals surface area contributed by atoms with Crippen LogP contribution in [-0.4, -0.2) is 34.2 Å². The summed E-state index contributed by atoms with van der Waals surface area (Å²) >= 11 is 0. The molecule has 0 radical (unpaired) electrons. The molecule has 42 heavy (non-hydrogen) atoms. The zero-order chi connectivity index (χ0) is 31.7. The summed E-state index contributed by atoms with van der Waals surface area (Å²) in [5.74, 6) is 0.00136. The molecule has 1 fully saturated rings. The number of amides is 1. The van der Waals surface area contributed by atoms with Crippen molar-refractivity contribution in [1.29, 1.82) is 0 Å². The standard InChI is InChI=1S/C19H20FN2O2.C9H6F6O.C2H6/c1-14(15-7-10-22(24)11-8-15)12-19(23)21-9-6-17(13-21)16-2-4-18(20)5-3-16;10-8(11,12)6-1-5(4-16)2-7(3-6)9(13,14)15;1-2/h2-5,7-8,10-12,17,24H,6,9,13H2,1H3;1-3,16H,4H2;1-2H3/q+1;;/b14-12+;;. The SMILES string of the molecule is C/C(=C\C(=O)N1CCC(c2ccc(F)cc2)C1)c1cc[n+](O)cc1.CC.OCc1cc(C(F)(F)F)cc(C(F)(F)F)c1. The van der Waals surface area contributed by atoms with E-state index in [1.807, 2.05) is 25.7 Å². The average Bonchev–Trinajstić information content (AvgIpc) is 3.45. The fourth-order valence-corrected chi connectivity index (χ4v) is 4.12. The molecule has 1 aliphatic heterocycles. The van der Waals surface area contributed by atoms with Crippen LogP contribution in [0.5, 0.6) is 0 Å². The third-order valence-corrected chi connectivity index (χ3v) is 6.28. The number of hydrogen-bond acceptors (Lipinski definition) is 3. The molecular formula is C30H32F7N2O3+. The first-order valence-electron chi connectivity index (χ1n) is 13.0. The van der Waals surface area contributed by atoms with Crippen LogP contribution in [0.3, 0.4) is 0 Å². The lowest BCUT2D eigenvalue weighted by atomic mass is 9.99. The van der Waals surface area contributed by atoms with Gasteiger partial charge in [-0.3, -0.25) is 10.0 Å². The number of nitrogens with zero attached hydrogens (tertiary/aromatic N) is 2. The molecule has 2 heterocycles. The molecule has 1 unspecified atom stereocenters. The summed E-state index contributed by atoms with van der Waals surface area (Å²) in [5, 5.41) is 17.8. The first kappa shape index (κ1) is 34.3. The van der Waals surface area contributed by atoms with Crippen molar-refractivity contribution in [2.24, 2.45) is 0 Å². The lowest BCUT2D eigenvalue weighted by Crippen LogP contribution is -2.28. The molecule has 1 atom stereocenters. The molecule has 3 aromatic rings. The number of pyridine rings is 1. The van der Waals surface area contributed by atoms with Gasteiger partial charge in [0.1, 0.15) is 5.82 Å². The van der Waals surface area contributed by atoms with Gasteiger partial charge >= 0.3 is 12.4 Å². The van der Waals surface area contributed by atoms with Crippen LogP contribution in [0.4, 0.5) is 30.7 Å². The summed E-state index contributed by atoms with van der Waals surface area (Å²) in [5.41, 5.74) is -0.461. The van der Waals surface area contributed by atoms with Crippen molar-refractivity contribution in [2.45, 2.75) is 52.1 Å². The highest BCUT2D eigenvalue weighted by Gasteiger charge is 2.36. The number of halogens is 7. The van der Waals surface area contributed by atoms with Crippen molar-refractivity contribution in [2.75, 3.05) is 13.1 Å². The van der Waals surface area contributed by atoms with Crippen LogP contribution in [0.2, 0.25) is 0 Å². The van der Waals surface area contributed by atoms with Gasteiger partial charge < -0.3 is 10.0 Å². The van der Waals surface area contributed by atoms with Gasteiger partial charge in [0.25, 0.3) is 0 Å². The third-order valence-electron chi connectivity index (χ3n) is 6.28. The number of carbonyl (C=O) groups excluding carboxylic acids is 1. The van der Waals surface area contributed by atoms with Gasteiger partial charge in [-0.15, -0.1) is 0 Å². The van der Waals surface area contributed by atoms with Crippen molar-refractivity contribution in [1.82, 2.24) is 4.90 Å². The van der Waals surface area contributed by atoms with E-state index in [2.05, 4.69) is 0 Å². The van der Waals surface area contributed by atoms with E-state index in [0.29, 0.717) is 25.2 Å². The highest BCUT2D eigenvalue weighted by atomic mass is 19.4. The van der Waals surface area contributed by atoms with E-state index in [1.165, 1.54) is 24.5 Å². The maximum atomic E-state index is 13.0. The molecule has 2 aromatic carbocycles. The first-order valence-corrected chi connectivity index (χ1v) is 13.0. The topological polar surface area (TPSA) is 64.7 Å². The molecule has 0 aliphatic carbocycles. The van der Waals surface area contributed by atoms with Gasteiger partial charge in [-0.2, -0.15) is 26.3 Å². The lowest BCUT2D eigenvalue weighted by molar-refractivity contribution is -0.904. The Morgan fingerprint density at radius 2 is 1.48 bits per heavy atom. The fourth-order valence-electron chi connectivity index (χ4n) is 4.12. The smallest absolute Gasteiger partial charge is 0.392 e. The second-order valence-electron chi connectivity index (χ2n) is 9.19. The zero-order valence-corrected chi connectivity index (χ0v) is 23.2. The molecule has 0 spiro atoms. The molecule has 12 heteroatoms. The maximum absolute atomic E-state index is 13.0. The molecule has 0 saturated carbocycles. The maximum Gasteiger partial charge on any atom is 0.416 e. The lowest BCUT2D eigenvalue weighted by Gasteiger charge is -2.15. The van der Waals surface area contributed by atoms with E-state index in [4.69, 9.17) is 5.11 Å². The van der Waals surface area contributed by atoms with Gasteiger partial charge in [0.05, 0.1) is 17.7 Å². The summed E-state index contributed by atoms with van der Waals surface area (Å²) in [6.07, 6.45) is -4.17. The highest BCUT2D eigenvalue weighted by molar-refractivity contribution is 5.95. The van der Waals surface area contributed by atoms with Gasteiger partial charge in [0.15, 0.2) is 0 Å². The molecule has 228 valence electrons. The number of aliphatic hydroxyl groups is 1. The second-order valence-corrected chi connectivity index (χ2v) is 9.19. The second kappa shape index (κ2) is 14.8. The number of aromatic nitrogens is 1. The molecule has 2 N–H and O–H groups in total. The van der Waals surface area contributed by atoms with E-state index in [9.17, 15) is 40.7 Å². The van der Waals surface area contributed by atoms with Crippen LogP contribution < -0.4 is 4.73 Å². The molecular weight excluding hydrogens is 569 g/mol. The monoisotopic (exact) mass is 601 g/mol. The van der Waals surface area contributed by atoms with E-state index >= 15 is 0 Å². The van der Waals surface area contributed by atoms with Crippen molar-refractivity contribution < 1.29 is 50.6 Å². The molecule has 1 aliphatic rings. The summed E-state index contributed by atoms with van der Waals surface area (Å²) in [4.78, 5) is 14.3. The summed E-state index contributed by atoms with van der Waals surface area (Å²) < 4.78 is 87.3. The minimum absolute atomic E-state index is 0.0131. The van der Waals surface area contributed by atoms with E-state index in [0.717, 1.165) is 27.9 Å². The first-order chi connectivity index (χ1) is 19.7. The summed E-state index contributed by atoms with van der Waals surface area (Å²) in [6, 6.07) is 11.0. The Balaban J connectivity index is 0.000000299. The van der Waals surface area contributed by atoms with Crippen LogP contribution in [0.25, 0.3) is 5.57 Å². The Morgan fingerprint density at radius 3 is 1.95 bits per heavy atom. The number of hydrogen-bond donors (Lipinski definition) is 2. The molecule has 1 amide bonds. The Labute approximate surface area is 239 Å². The number of rotatable bonds is 4. The van der Waals surface area contributed by atoms with Crippen molar-refractivity contribution in [3.63, 3.8) is 0 Å². The Bertz CT molecular complexity index is 1300. The minimum Gasteiger partial charge on any atom is -0.392 e. The average molecular weight is 602 g/mol. The Hall–Kier alpha value is -3.93. The van der Waals surface area contributed by atoms with Crippen LogP contribution in [0.15, 0.2) is 73.1 Å². The quantitative estimate of drug-likeness (QED) is 0.146. The van der Waals surface area contributed by atoms with Gasteiger partial charge in [-0.1, -0.05) is 26.0 Å². The number of benzene rings is 2. The predicted molar refractivity (Wildman–Crippen MR) is 142 cm³/mol. The normalized spacial score (nSPS) is 15.4. The van der Waals surface area contributed by atoms with Crippen LogP contribution in [0, 0.1) is 5.82 Å². The Kier molecular flexibility index (Phi) is 12.1. The number of carbonyl (C=O) groups is 1. The van der Waals surface area contributed by atoms with Gasteiger partial charge in [0.2, 0.25) is 18.3 Å².